The first kappa shape index (κ1) is 25.4. The summed E-state index contributed by atoms with van der Waals surface area (Å²) in [5.41, 5.74) is 12.5. The average molecular weight is 425 g/mol. The van der Waals surface area contributed by atoms with Crippen LogP contribution in [0.1, 0.15) is 55.3 Å². The number of carbonyl (C=O) groups is 3. The van der Waals surface area contributed by atoms with E-state index < -0.39 is 30.7 Å². The molecule has 0 radical (unpaired) electrons. The molecule has 0 bridgehead atoms. The van der Waals surface area contributed by atoms with E-state index in [9.17, 15) is 14.4 Å². The van der Waals surface area contributed by atoms with E-state index in [1.165, 1.54) is 50.8 Å². The third-order valence-electron chi connectivity index (χ3n) is 4.32. The molecule has 168 valence electrons. The molecule has 1 fully saturated rings. The van der Waals surface area contributed by atoms with E-state index in [0.29, 0.717) is 0 Å². The van der Waals surface area contributed by atoms with Crippen molar-refractivity contribution in [1.82, 2.24) is 26.9 Å². The van der Waals surface area contributed by atoms with Crippen LogP contribution in [0, 0.1) is 0 Å². The molecule has 0 aliphatic carbocycles. The number of nitrogens with one attached hydrogen (secondary N) is 4. The number of hydrogen-bond acceptors (Lipinski definition) is 8. The maximum absolute atomic E-state index is 10.7. The molecule has 1 aromatic heterocycles. The lowest BCUT2D eigenvalue weighted by molar-refractivity contribution is -0.138. The summed E-state index contributed by atoms with van der Waals surface area (Å²) in [7, 11) is 0. The summed E-state index contributed by atoms with van der Waals surface area (Å²) >= 11 is 0. The fourth-order valence-corrected chi connectivity index (χ4v) is 2.92. The van der Waals surface area contributed by atoms with Gasteiger partial charge in [0.1, 0.15) is 0 Å². The Labute approximate surface area is 175 Å². The van der Waals surface area contributed by atoms with E-state index in [2.05, 4.69) is 26.9 Å². The Hall–Kier alpha value is -2.60. The SMILES string of the molecule is C1CCCCNNNNCCC1.O=C(O)Cc1ccnc(CC(=O)O)c1CC(=O)O. The van der Waals surface area contributed by atoms with Gasteiger partial charge >= 0.3 is 17.9 Å². The Bertz CT molecular complexity index is 608. The van der Waals surface area contributed by atoms with Crippen LogP contribution < -0.4 is 21.9 Å². The second kappa shape index (κ2) is 15.3. The van der Waals surface area contributed by atoms with E-state index in [0.717, 1.165) is 13.1 Å². The molecule has 2 heterocycles. The van der Waals surface area contributed by atoms with Crippen LogP contribution >= 0.6 is 0 Å². The van der Waals surface area contributed by atoms with Gasteiger partial charge in [-0.2, -0.15) is 11.1 Å². The number of hydrogen-bond donors (Lipinski definition) is 7. The first-order valence-corrected chi connectivity index (χ1v) is 9.97. The van der Waals surface area contributed by atoms with Gasteiger partial charge in [-0.1, -0.05) is 25.7 Å². The zero-order chi connectivity index (χ0) is 22.2. The maximum Gasteiger partial charge on any atom is 0.309 e. The minimum atomic E-state index is -1.17. The predicted octanol–water partition coefficient (Wildman–Crippen LogP) is 0.407. The molecule has 0 unspecified atom stereocenters. The van der Waals surface area contributed by atoms with Crippen molar-refractivity contribution in [3.05, 3.63) is 29.1 Å². The third kappa shape index (κ3) is 12.1. The van der Waals surface area contributed by atoms with Gasteiger partial charge in [0.15, 0.2) is 0 Å². The van der Waals surface area contributed by atoms with Crippen molar-refractivity contribution in [2.24, 2.45) is 0 Å². The number of pyridine rings is 1. The molecule has 2 rings (SSSR count). The van der Waals surface area contributed by atoms with Crippen molar-refractivity contribution in [2.75, 3.05) is 13.1 Å². The van der Waals surface area contributed by atoms with Crippen LogP contribution in [0.2, 0.25) is 0 Å². The van der Waals surface area contributed by atoms with Crippen LogP contribution in [0.5, 0.6) is 0 Å². The molecule has 30 heavy (non-hydrogen) atoms. The van der Waals surface area contributed by atoms with Gasteiger partial charge in [0, 0.05) is 19.3 Å². The Balaban J connectivity index is 0.000000325. The molecule has 1 aromatic rings. The minimum Gasteiger partial charge on any atom is -0.481 e. The summed E-state index contributed by atoms with van der Waals surface area (Å²) in [6, 6.07) is 1.39. The zero-order valence-electron chi connectivity index (χ0n) is 16.9. The quantitative estimate of drug-likeness (QED) is 0.336. The molecular formula is C19H31N5O6. The standard InChI is InChI=1S/C11H11NO6.C8H20N4/c13-9(14)3-6-1-2-12-8(5-11(17)18)7(6)4-10(15)16;1-2-4-6-8-10-12-11-9-7-5-3-1/h1-2H,3-5H2,(H,13,14)(H,15,16)(H,17,18);9-12H,1-8H2. The van der Waals surface area contributed by atoms with Crippen LogP contribution in [-0.4, -0.2) is 51.3 Å². The van der Waals surface area contributed by atoms with Gasteiger partial charge in [0.2, 0.25) is 0 Å². The second-order valence-corrected chi connectivity index (χ2v) is 6.83. The molecule has 7 N–H and O–H groups in total. The molecule has 0 spiro atoms. The maximum atomic E-state index is 10.7. The van der Waals surface area contributed by atoms with Gasteiger partial charge in [-0.25, -0.2) is 10.9 Å². The van der Waals surface area contributed by atoms with Gasteiger partial charge in [-0.15, -0.1) is 0 Å². The Morgan fingerprint density at radius 3 is 1.77 bits per heavy atom. The molecule has 11 nitrogen and oxygen atoms in total. The molecule has 1 saturated heterocycles. The number of nitrogens with zero attached hydrogens (tertiary/aromatic N) is 1. The molecule has 0 atom stereocenters. The van der Waals surface area contributed by atoms with Crippen LogP contribution in [0.25, 0.3) is 0 Å². The van der Waals surface area contributed by atoms with Crippen molar-refractivity contribution in [3.8, 4) is 0 Å². The topological polar surface area (TPSA) is 173 Å². The largest absolute Gasteiger partial charge is 0.481 e. The van der Waals surface area contributed by atoms with Gasteiger partial charge in [0.05, 0.1) is 25.0 Å². The predicted molar refractivity (Wildman–Crippen MR) is 108 cm³/mol. The van der Waals surface area contributed by atoms with Crippen LogP contribution in [-0.2, 0) is 33.6 Å². The number of rotatable bonds is 6. The van der Waals surface area contributed by atoms with Crippen LogP contribution in [0.15, 0.2) is 12.3 Å². The lowest BCUT2D eigenvalue weighted by atomic mass is 9.99. The lowest BCUT2D eigenvalue weighted by Gasteiger charge is -2.11. The first-order valence-electron chi connectivity index (χ1n) is 9.97. The number of aromatic nitrogens is 1. The third-order valence-corrected chi connectivity index (χ3v) is 4.32. The Morgan fingerprint density at radius 1 is 0.767 bits per heavy atom. The highest BCUT2D eigenvalue weighted by molar-refractivity contribution is 5.76. The van der Waals surface area contributed by atoms with E-state index >= 15 is 0 Å². The molecule has 0 saturated carbocycles. The summed E-state index contributed by atoms with van der Waals surface area (Å²) in [6.45, 7) is 2.07. The fraction of sp³-hybridized carbons (Fsp3) is 0.579. The van der Waals surface area contributed by atoms with Crippen molar-refractivity contribution in [1.29, 1.82) is 0 Å². The summed E-state index contributed by atoms with van der Waals surface area (Å²) in [4.78, 5) is 35.8. The van der Waals surface area contributed by atoms with Gasteiger partial charge < -0.3 is 15.3 Å². The smallest absolute Gasteiger partial charge is 0.309 e. The summed E-state index contributed by atoms with van der Waals surface area (Å²) in [5, 5.41) is 26.2. The second-order valence-electron chi connectivity index (χ2n) is 6.83. The van der Waals surface area contributed by atoms with Crippen LogP contribution in [0.3, 0.4) is 0 Å². The van der Waals surface area contributed by atoms with E-state index in [1.807, 2.05) is 0 Å². The number of carboxylic acid groups (broad SMARTS) is 3. The van der Waals surface area contributed by atoms with E-state index in [-0.39, 0.29) is 23.2 Å². The highest BCUT2D eigenvalue weighted by Gasteiger charge is 2.17. The number of carboxylic acids is 3. The number of hydrazine groups is 3. The van der Waals surface area contributed by atoms with E-state index in [4.69, 9.17) is 15.3 Å². The lowest BCUT2D eigenvalue weighted by Crippen LogP contribution is -2.51. The van der Waals surface area contributed by atoms with Gasteiger partial charge in [-0.3, -0.25) is 19.4 Å². The molecule has 1 aliphatic rings. The summed E-state index contributed by atoms with van der Waals surface area (Å²) < 4.78 is 0. The molecule has 1 aliphatic heterocycles. The first-order chi connectivity index (χ1) is 14.4. The minimum absolute atomic E-state index is 0.0867. The van der Waals surface area contributed by atoms with Gasteiger partial charge in [-0.05, 0) is 30.0 Å². The van der Waals surface area contributed by atoms with Gasteiger partial charge in [0.25, 0.3) is 0 Å². The average Bonchev–Trinajstić information content (AvgIpc) is 2.64. The van der Waals surface area contributed by atoms with Crippen LogP contribution in [0.4, 0.5) is 0 Å². The highest BCUT2D eigenvalue weighted by atomic mass is 16.4. The molecule has 0 aromatic carbocycles. The molecule has 0 amide bonds. The van der Waals surface area contributed by atoms with E-state index in [1.54, 1.807) is 0 Å². The fourth-order valence-electron chi connectivity index (χ4n) is 2.92. The van der Waals surface area contributed by atoms with Crippen molar-refractivity contribution >= 4 is 17.9 Å². The van der Waals surface area contributed by atoms with Crippen molar-refractivity contribution < 1.29 is 29.7 Å². The Kier molecular flexibility index (Phi) is 12.9. The number of aliphatic carboxylic acids is 3. The summed E-state index contributed by atoms with van der Waals surface area (Å²) in [6.07, 6.45) is 8.02. The highest BCUT2D eigenvalue weighted by Crippen LogP contribution is 2.15. The van der Waals surface area contributed by atoms with Crippen molar-refractivity contribution in [3.63, 3.8) is 0 Å². The summed E-state index contributed by atoms with van der Waals surface area (Å²) in [5.74, 6) is -3.43. The molecule has 11 heteroatoms. The molecular weight excluding hydrogens is 394 g/mol. The zero-order valence-corrected chi connectivity index (χ0v) is 16.9. The Morgan fingerprint density at radius 2 is 1.27 bits per heavy atom. The normalized spacial score (nSPS) is 15.6. The monoisotopic (exact) mass is 425 g/mol. The van der Waals surface area contributed by atoms with Crippen molar-refractivity contribution in [2.45, 2.75) is 57.8 Å².